The van der Waals surface area contributed by atoms with Crippen molar-refractivity contribution < 1.29 is 37.7 Å². The number of urea groups is 1. The highest BCUT2D eigenvalue weighted by Gasteiger charge is 2.36. The number of hydrogen-bond acceptors (Lipinski definition) is 8. The molecule has 10 heteroatoms. The molecule has 4 rings (SSSR count). The van der Waals surface area contributed by atoms with Crippen LogP contribution in [0.3, 0.4) is 0 Å². The Kier molecular flexibility index (Phi) is 7.54. The molecule has 1 aromatic heterocycles. The van der Waals surface area contributed by atoms with E-state index in [0.29, 0.717) is 35.2 Å². The van der Waals surface area contributed by atoms with Gasteiger partial charge in [0.15, 0.2) is 11.5 Å². The topological polar surface area (TPSA) is 117 Å². The van der Waals surface area contributed by atoms with E-state index in [4.69, 9.17) is 23.4 Å². The summed E-state index contributed by atoms with van der Waals surface area (Å²) in [6, 6.07) is 14.6. The van der Waals surface area contributed by atoms with E-state index >= 15 is 0 Å². The van der Waals surface area contributed by atoms with E-state index in [0.717, 1.165) is 10.6 Å². The molecule has 0 unspecified atom stereocenters. The summed E-state index contributed by atoms with van der Waals surface area (Å²) in [6.07, 6.45) is 2.82. The molecular weight excluding hydrogens is 468 g/mol. The monoisotopic (exact) mass is 492 g/mol. The fourth-order valence-corrected chi connectivity index (χ4v) is 3.44. The van der Waals surface area contributed by atoms with E-state index in [9.17, 15) is 14.4 Å². The van der Waals surface area contributed by atoms with Gasteiger partial charge in [0.25, 0.3) is 11.8 Å². The summed E-state index contributed by atoms with van der Waals surface area (Å²) < 4.78 is 27.2. The first-order valence-electron chi connectivity index (χ1n) is 11.0. The van der Waals surface area contributed by atoms with E-state index in [1.807, 2.05) is 0 Å². The van der Waals surface area contributed by atoms with Gasteiger partial charge in [-0.2, -0.15) is 0 Å². The molecule has 3 aromatic rings. The summed E-state index contributed by atoms with van der Waals surface area (Å²) >= 11 is 0. The van der Waals surface area contributed by atoms with Crippen molar-refractivity contribution in [3.63, 3.8) is 0 Å². The van der Waals surface area contributed by atoms with Crippen molar-refractivity contribution in [2.24, 2.45) is 0 Å². The normalized spacial score (nSPS) is 14.6. The molecule has 1 N–H and O–H groups in total. The molecular formula is C26H24N2O8. The van der Waals surface area contributed by atoms with Crippen LogP contribution in [0.25, 0.3) is 6.08 Å². The maximum absolute atomic E-state index is 12.9. The molecule has 2 aromatic carbocycles. The summed E-state index contributed by atoms with van der Waals surface area (Å²) in [6.45, 7) is 0.458. The molecule has 0 saturated carbocycles. The minimum Gasteiger partial charge on any atom is -0.497 e. The number of furan rings is 1. The molecule has 4 amide bonds. The van der Waals surface area contributed by atoms with Crippen LogP contribution in [0.2, 0.25) is 0 Å². The second kappa shape index (κ2) is 11.1. The zero-order chi connectivity index (χ0) is 25.5. The van der Waals surface area contributed by atoms with Crippen LogP contribution in [0.4, 0.5) is 4.79 Å². The number of nitrogens with one attached hydrogen (secondary N) is 1. The molecule has 36 heavy (non-hydrogen) atoms. The number of rotatable bonds is 10. The first kappa shape index (κ1) is 24.4. The largest absolute Gasteiger partial charge is 0.497 e. The maximum Gasteiger partial charge on any atom is 0.331 e. The fourth-order valence-electron chi connectivity index (χ4n) is 3.44. The third kappa shape index (κ3) is 5.66. The molecule has 1 aliphatic rings. The first-order valence-corrected chi connectivity index (χ1v) is 11.0. The number of carbonyl (C=O) groups excluding carboxylic acids is 3. The summed E-state index contributed by atoms with van der Waals surface area (Å²) in [4.78, 5) is 38.3. The molecule has 1 saturated heterocycles. The molecule has 10 nitrogen and oxygen atoms in total. The van der Waals surface area contributed by atoms with Crippen LogP contribution in [0.5, 0.6) is 23.0 Å². The van der Waals surface area contributed by atoms with Gasteiger partial charge < -0.3 is 23.4 Å². The smallest absolute Gasteiger partial charge is 0.331 e. The van der Waals surface area contributed by atoms with Crippen LogP contribution in [0.1, 0.15) is 11.3 Å². The van der Waals surface area contributed by atoms with E-state index in [1.54, 1.807) is 61.7 Å². The van der Waals surface area contributed by atoms with Crippen LogP contribution in [-0.2, 0) is 16.1 Å². The van der Waals surface area contributed by atoms with Crippen molar-refractivity contribution in [1.82, 2.24) is 10.2 Å². The Bertz CT molecular complexity index is 1270. The molecule has 0 radical (unpaired) electrons. The maximum atomic E-state index is 12.9. The van der Waals surface area contributed by atoms with Gasteiger partial charge in [0.1, 0.15) is 36.0 Å². The van der Waals surface area contributed by atoms with Crippen molar-refractivity contribution >= 4 is 23.9 Å². The van der Waals surface area contributed by atoms with Crippen molar-refractivity contribution in [2.75, 3.05) is 27.4 Å². The Morgan fingerprint density at radius 2 is 1.64 bits per heavy atom. The third-order valence-electron chi connectivity index (χ3n) is 5.25. The second-order valence-corrected chi connectivity index (χ2v) is 7.57. The van der Waals surface area contributed by atoms with Crippen LogP contribution >= 0.6 is 0 Å². The lowest BCUT2D eigenvalue weighted by atomic mass is 10.1. The van der Waals surface area contributed by atoms with Crippen molar-refractivity contribution in [3.8, 4) is 23.0 Å². The zero-order valence-corrected chi connectivity index (χ0v) is 19.7. The van der Waals surface area contributed by atoms with Gasteiger partial charge in [-0.3, -0.25) is 19.8 Å². The van der Waals surface area contributed by atoms with E-state index in [2.05, 4.69) is 5.32 Å². The predicted octanol–water partition coefficient (Wildman–Crippen LogP) is 3.42. The number of methoxy groups -OCH3 is 2. The van der Waals surface area contributed by atoms with Gasteiger partial charge in [0.05, 0.1) is 27.0 Å². The van der Waals surface area contributed by atoms with Gasteiger partial charge in [-0.25, -0.2) is 4.79 Å². The molecule has 0 bridgehead atoms. The molecule has 0 aliphatic carbocycles. The Hall–Kier alpha value is -4.73. The SMILES string of the molecule is COc1ccc(OCCOc2ccc(/C=C3/C(=O)NC(=O)N(Cc4ccco4)C3=O)cc2OC)cc1. The third-order valence-corrected chi connectivity index (χ3v) is 5.25. The number of hydrogen-bond donors (Lipinski definition) is 1. The number of barbiturate groups is 1. The lowest BCUT2D eigenvalue weighted by Crippen LogP contribution is -2.53. The quantitative estimate of drug-likeness (QED) is 0.260. The molecule has 1 fully saturated rings. The minimum absolute atomic E-state index is 0.100. The van der Waals surface area contributed by atoms with Crippen LogP contribution in [0.15, 0.2) is 70.9 Å². The van der Waals surface area contributed by atoms with E-state index in [-0.39, 0.29) is 18.7 Å². The van der Waals surface area contributed by atoms with Gasteiger partial charge in [0, 0.05) is 0 Å². The van der Waals surface area contributed by atoms with Gasteiger partial charge in [-0.05, 0) is 60.2 Å². The van der Waals surface area contributed by atoms with Gasteiger partial charge in [0.2, 0.25) is 0 Å². The van der Waals surface area contributed by atoms with Crippen LogP contribution in [-0.4, -0.2) is 50.2 Å². The van der Waals surface area contributed by atoms with Gasteiger partial charge >= 0.3 is 6.03 Å². The lowest BCUT2D eigenvalue weighted by molar-refractivity contribution is -0.130. The lowest BCUT2D eigenvalue weighted by Gasteiger charge is -2.25. The number of amides is 4. The number of imide groups is 2. The molecule has 2 heterocycles. The highest BCUT2D eigenvalue weighted by molar-refractivity contribution is 6.30. The van der Waals surface area contributed by atoms with E-state index < -0.39 is 17.8 Å². The highest BCUT2D eigenvalue weighted by Crippen LogP contribution is 2.29. The molecule has 1 aliphatic heterocycles. The number of ether oxygens (including phenoxy) is 4. The van der Waals surface area contributed by atoms with Crippen molar-refractivity contribution in [1.29, 1.82) is 0 Å². The summed E-state index contributed by atoms with van der Waals surface area (Å²) in [5, 5.41) is 2.18. The average molecular weight is 492 g/mol. The summed E-state index contributed by atoms with van der Waals surface area (Å²) in [7, 11) is 3.08. The zero-order valence-electron chi connectivity index (χ0n) is 19.7. The molecule has 0 spiro atoms. The van der Waals surface area contributed by atoms with Crippen molar-refractivity contribution in [3.05, 3.63) is 77.8 Å². The molecule has 0 atom stereocenters. The first-order chi connectivity index (χ1) is 17.5. The summed E-state index contributed by atoms with van der Waals surface area (Å²) in [5.41, 5.74) is 0.323. The standard InChI is InChI=1S/C26H24N2O8/c1-32-18-6-8-19(9-7-18)35-12-13-36-22-10-5-17(15-23(22)33-2)14-21-24(29)27-26(31)28(25(21)30)16-20-4-3-11-34-20/h3-11,14-15H,12-13,16H2,1-2H3,(H,27,29,31)/b21-14-. The van der Waals surface area contributed by atoms with Gasteiger partial charge in [-0.15, -0.1) is 0 Å². The van der Waals surface area contributed by atoms with Gasteiger partial charge in [-0.1, -0.05) is 6.07 Å². The Morgan fingerprint density at radius 1 is 0.889 bits per heavy atom. The second-order valence-electron chi connectivity index (χ2n) is 7.57. The number of nitrogens with zero attached hydrogens (tertiary/aromatic N) is 1. The van der Waals surface area contributed by atoms with Crippen molar-refractivity contribution in [2.45, 2.75) is 6.54 Å². The highest BCUT2D eigenvalue weighted by atomic mass is 16.5. The van der Waals surface area contributed by atoms with E-state index in [1.165, 1.54) is 19.4 Å². The molecule has 186 valence electrons. The Labute approximate surface area is 207 Å². The number of carbonyl (C=O) groups is 3. The summed E-state index contributed by atoms with van der Waals surface area (Å²) in [5.74, 6) is 1.19. The Morgan fingerprint density at radius 3 is 2.33 bits per heavy atom. The Balaban J connectivity index is 1.41. The number of benzene rings is 2. The fraction of sp³-hybridized carbons (Fsp3) is 0.192. The predicted molar refractivity (Wildman–Crippen MR) is 128 cm³/mol. The average Bonchev–Trinajstić information content (AvgIpc) is 3.41. The minimum atomic E-state index is -0.809. The van der Waals surface area contributed by atoms with Crippen LogP contribution < -0.4 is 24.3 Å². The van der Waals surface area contributed by atoms with Crippen LogP contribution in [0, 0.1) is 0 Å².